The molecule has 1 aromatic carbocycles. The summed E-state index contributed by atoms with van der Waals surface area (Å²) < 4.78 is 5.38. The first-order valence-electron chi connectivity index (χ1n) is 9.75. The van der Waals surface area contributed by atoms with Gasteiger partial charge in [0.1, 0.15) is 5.60 Å². The van der Waals surface area contributed by atoms with Gasteiger partial charge in [0, 0.05) is 32.7 Å². The van der Waals surface area contributed by atoms with Crippen LogP contribution in [0, 0.1) is 6.92 Å². The van der Waals surface area contributed by atoms with Crippen LogP contribution in [0.25, 0.3) is 0 Å². The molecule has 1 fully saturated rings. The second kappa shape index (κ2) is 10.9. The summed E-state index contributed by atoms with van der Waals surface area (Å²) in [5.74, 6) is 0.00583. The zero-order valence-corrected chi connectivity index (χ0v) is 17.7. The highest BCUT2D eigenvalue weighted by Crippen LogP contribution is 2.11. The molecule has 6 nitrogen and oxygen atoms in total. The maximum Gasteiger partial charge on any atom is 0.410 e. The van der Waals surface area contributed by atoms with Crippen molar-refractivity contribution in [2.75, 3.05) is 32.7 Å². The maximum atomic E-state index is 12.1. The fourth-order valence-electron chi connectivity index (χ4n) is 2.58. The Balaban J connectivity index is 0.00000176. The predicted octanol–water partition coefficient (Wildman–Crippen LogP) is 3.19. The van der Waals surface area contributed by atoms with Crippen molar-refractivity contribution in [2.24, 2.45) is 0 Å². The van der Waals surface area contributed by atoms with E-state index in [1.807, 2.05) is 65.8 Å². The number of nitrogens with zero attached hydrogens (tertiary/aromatic N) is 2. The number of aryl methyl sites for hydroxylation is 1. The van der Waals surface area contributed by atoms with Crippen LogP contribution in [-0.2, 0) is 16.1 Å². The van der Waals surface area contributed by atoms with Crippen LogP contribution in [0.3, 0.4) is 0 Å². The minimum Gasteiger partial charge on any atom is -0.444 e. The van der Waals surface area contributed by atoms with Crippen LogP contribution in [0.2, 0.25) is 0 Å². The molecule has 1 heterocycles. The molecule has 2 amide bonds. The van der Waals surface area contributed by atoms with E-state index in [0.29, 0.717) is 39.3 Å². The number of carbonyl (C=O) groups excluding carboxylic acids is 2. The van der Waals surface area contributed by atoms with Crippen molar-refractivity contribution < 1.29 is 14.3 Å². The summed E-state index contributed by atoms with van der Waals surface area (Å²) in [6.45, 7) is 15.0. The van der Waals surface area contributed by atoms with Gasteiger partial charge in [0.15, 0.2) is 0 Å². The van der Waals surface area contributed by atoms with E-state index < -0.39 is 5.60 Å². The molecule has 0 aliphatic carbocycles. The number of hydrogen-bond donors (Lipinski definition) is 1. The lowest BCUT2D eigenvalue weighted by Gasteiger charge is -2.35. The summed E-state index contributed by atoms with van der Waals surface area (Å²) in [6.07, 6.45) is -0.282. The van der Waals surface area contributed by atoms with Crippen LogP contribution >= 0.6 is 0 Å². The van der Waals surface area contributed by atoms with Crippen LogP contribution in [0.4, 0.5) is 4.79 Å². The largest absolute Gasteiger partial charge is 0.444 e. The lowest BCUT2D eigenvalue weighted by Crippen LogP contribution is -2.52. The number of carbonyl (C=O) groups is 2. The molecule has 152 valence electrons. The topological polar surface area (TPSA) is 61.9 Å². The third-order valence-corrected chi connectivity index (χ3v) is 4.00. The molecule has 1 aliphatic heterocycles. The van der Waals surface area contributed by atoms with Gasteiger partial charge in [-0.25, -0.2) is 4.79 Å². The number of amides is 2. The average Bonchev–Trinajstić information content (AvgIpc) is 2.62. The molecule has 1 N–H and O–H groups in total. The van der Waals surface area contributed by atoms with E-state index >= 15 is 0 Å². The second-order valence-corrected chi connectivity index (χ2v) is 7.51. The van der Waals surface area contributed by atoms with E-state index in [2.05, 4.69) is 10.2 Å². The summed E-state index contributed by atoms with van der Waals surface area (Å²) in [5, 5.41) is 2.94. The Morgan fingerprint density at radius 3 is 2.11 bits per heavy atom. The van der Waals surface area contributed by atoms with Crippen LogP contribution in [0.5, 0.6) is 0 Å². The normalized spacial score (nSPS) is 14.8. The minimum absolute atomic E-state index is 0.00583. The van der Waals surface area contributed by atoms with E-state index in [9.17, 15) is 9.59 Å². The van der Waals surface area contributed by atoms with Crippen molar-refractivity contribution in [3.8, 4) is 0 Å². The molecule has 6 heteroatoms. The first-order chi connectivity index (χ1) is 12.7. The molecule has 0 aromatic heterocycles. The van der Waals surface area contributed by atoms with Crippen LogP contribution in [-0.4, -0.2) is 60.1 Å². The number of nitrogens with one attached hydrogen (secondary N) is 1. The van der Waals surface area contributed by atoms with Crippen molar-refractivity contribution in [1.29, 1.82) is 0 Å². The third kappa shape index (κ3) is 8.91. The smallest absolute Gasteiger partial charge is 0.410 e. The first kappa shape index (κ1) is 23.0. The molecule has 1 aliphatic rings. The number of rotatable bonds is 4. The van der Waals surface area contributed by atoms with Crippen LogP contribution in [0.1, 0.15) is 45.7 Å². The summed E-state index contributed by atoms with van der Waals surface area (Å²) in [5.41, 5.74) is 1.82. The molecule has 0 bridgehead atoms. The minimum atomic E-state index is -0.482. The number of ether oxygens (including phenoxy) is 1. The Hall–Kier alpha value is -2.08. The fraction of sp³-hybridized carbons (Fsp3) is 0.619. The molecule has 0 atom stereocenters. The van der Waals surface area contributed by atoms with E-state index in [1.54, 1.807) is 4.90 Å². The molecule has 0 spiro atoms. The highest BCUT2D eigenvalue weighted by molar-refractivity contribution is 5.78. The van der Waals surface area contributed by atoms with Gasteiger partial charge in [0.05, 0.1) is 6.54 Å². The van der Waals surface area contributed by atoms with Gasteiger partial charge in [-0.1, -0.05) is 43.7 Å². The van der Waals surface area contributed by atoms with Gasteiger partial charge in [-0.3, -0.25) is 9.69 Å². The SMILES string of the molecule is CC.Cc1ccc(CNC(=O)CN2CCN(C(=O)OC(C)(C)C)CC2)cc1. The van der Waals surface area contributed by atoms with Gasteiger partial charge in [0.25, 0.3) is 0 Å². The molecular weight excluding hydrogens is 342 g/mol. The van der Waals surface area contributed by atoms with Crippen LogP contribution in [0.15, 0.2) is 24.3 Å². The maximum absolute atomic E-state index is 12.1. The quantitative estimate of drug-likeness (QED) is 0.875. The Labute approximate surface area is 163 Å². The lowest BCUT2D eigenvalue weighted by atomic mass is 10.1. The van der Waals surface area contributed by atoms with Crippen LogP contribution < -0.4 is 5.32 Å². The van der Waals surface area contributed by atoms with Crippen molar-refractivity contribution in [3.05, 3.63) is 35.4 Å². The Bertz CT molecular complexity index is 586. The molecule has 1 aromatic rings. The average molecular weight is 378 g/mol. The molecule has 2 rings (SSSR count). The van der Waals surface area contributed by atoms with Gasteiger partial charge in [-0.05, 0) is 33.3 Å². The second-order valence-electron chi connectivity index (χ2n) is 7.51. The summed E-state index contributed by atoms with van der Waals surface area (Å²) >= 11 is 0. The molecule has 27 heavy (non-hydrogen) atoms. The highest BCUT2D eigenvalue weighted by atomic mass is 16.6. The highest BCUT2D eigenvalue weighted by Gasteiger charge is 2.26. The van der Waals surface area contributed by atoms with Crippen molar-refractivity contribution in [3.63, 3.8) is 0 Å². The molecule has 0 radical (unpaired) electrons. The van der Waals surface area contributed by atoms with E-state index in [1.165, 1.54) is 5.56 Å². The van der Waals surface area contributed by atoms with Gasteiger partial charge in [-0.15, -0.1) is 0 Å². The monoisotopic (exact) mass is 377 g/mol. The molecular formula is C21H35N3O3. The van der Waals surface area contributed by atoms with Gasteiger partial charge >= 0.3 is 6.09 Å². The predicted molar refractivity (Wildman–Crippen MR) is 109 cm³/mol. The van der Waals surface area contributed by atoms with Gasteiger partial charge in [-0.2, -0.15) is 0 Å². The molecule has 1 saturated heterocycles. The Morgan fingerprint density at radius 2 is 1.59 bits per heavy atom. The number of benzene rings is 1. The summed E-state index contributed by atoms with van der Waals surface area (Å²) in [7, 11) is 0. The van der Waals surface area contributed by atoms with E-state index in [0.717, 1.165) is 5.56 Å². The fourth-order valence-corrected chi connectivity index (χ4v) is 2.58. The third-order valence-electron chi connectivity index (χ3n) is 4.00. The van der Waals surface area contributed by atoms with E-state index in [-0.39, 0.29) is 12.0 Å². The van der Waals surface area contributed by atoms with Crippen molar-refractivity contribution in [2.45, 2.75) is 53.7 Å². The Morgan fingerprint density at radius 1 is 1.04 bits per heavy atom. The lowest BCUT2D eigenvalue weighted by molar-refractivity contribution is -0.122. The zero-order chi connectivity index (χ0) is 20.4. The summed E-state index contributed by atoms with van der Waals surface area (Å²) in [6, 6.07) is 8.12. The van der Waals surface area contributed by atoms with Crippen molar-refractivity contribution >= 4 is 12.0 Å². The standard InChI is InChI=1S/C19H29N3O3.C2H6/c1-15-5-7-16(8-6-15)13-20-17(23)14-21-9-11-22(12-10-21)18(24)25-19(2,3)4;1-2/h5-8H,9-14H2,1-4H3,(H,20,23);1-2H3. The number of hydrogen-bond acceptors (Lipinski definition) is 4. The van der Waals surface area contributed by atoms with Crippen molar-refractivity contribution in [1.82, 2.24) is 15.1 Å². The molecule has 0 unspecified atom stereocenters. The Kier molecular flexibility index (Phi) is 9.29. The zero-order valence-electron chi connectivity index (χ0n) is 17.7. The van der Waals surface area contributed by atoms with Gasteiger partial charge < -0.3 is 15.0 Å². The molecule has 0 saturated carbocycles. The summed E-state index contributed by atoms with van der Waals surface area (Å²) in [4.78, 5) is 27.9. The number of piperazine rings is 1. The van der Waals surface area contributed by atoms with Gasteiger partial charge in [0.2, 0.25) is 5.91 Å². The van der Waals surface area contributed by atoms with E-state index in [4.69, 9.17) is 4.74 Å². The first-order valence-corrected chi connectivity index (χ1v) is 9.75.